The van der Waals surface area contributed by atoms with Crippen LogP contribution < -0.4 is 9.13 Å². The van der Waals surface area contributed by atoms with Gasteiger partial charge in [0.05, 0.1) is 10.9 Å². The highest BCUT2D eigenvalue weighted by Crippen LogP contribution is 2.18. The monoisotopic (exact) mass is 327 g/mol. The van der Waals surface area contributed by atoms with Gasteiger partial charge in [-0.2, -0.15) is 9.13 Å². The summed E-state index contributed by atoms with van der Waals surface area (Å²) in [5.41, 5.74) is 5.96. The highest BCUT2D eigenvalue weighted by atomic mass is 15.1. The predicted molar refractivity (Wildman–Crippen MR) is 99.0 cm³/mol. The minimum Gasteiger partial charge on any atom is -0.192 e. The molecule has 0 saturated heterocycles. The van der Waals surface area contributed by atoms with E-state index in [1.807, 2.05) is 6.20 Å². The number of pyridine rings is 1. The fraction of sp³-hybridized carbons (Fsp3) is 0.136. The standard InChI is InChI=1S/C22H21N3/c1-16-9-6-7-14-24(16)20-12-8-13-21(17(20)2)25-18(3)23-15-19-10-4-5-11-22(19)25/h4-15H,1-3H3/q+2. The normalized spacial score (nSPS) is 11.0. The van der Waals surface area contributed by atoms with E-state index in [1.165, 1.54) is 22.5 Å². The van der Waals surface area contributed by atoms with Gasteiger partial charge in [-0.15, -0.1) is 0 Å². The molecule has 0 N–H and O–H groups in total. The molecule has 0 spiro atoms. The van der Waals surface area contributed by atoms with Gasteiger partial charge in [0.15, 0.2) is 18.1 Å². The SMILES string of the molecule is Cc1c(-[n+]2ccccc2C)cccc1-[n+]1c(C)ncc2ccccc21. The summed E-state index contributed by atoms with van der Waals surface area (Å²) in [6.07, 6.45) is 4.05. The average Bonchev–Trinajstić information content (AvgIpc) is 2.63. The molecule has 0 amide bonds. The number of fused-ring (bicyclic) bond motifs is 1. The molecule has 0 saturated carbocycles. The fourth-order valence-electron chi connectivity index (χ4n) is 3.41. The Hall–Kier alpha value is -3.07. The summed E-state index contributed by atoms with van der Waals surface area (Å²) in [6.45, 7) is 6.36. The lowest BCUT2D eigenvalue weighted by Gasteiger charge is -2.10. The molecule has 0 bridgehead atoms. The smallest absolute Gasteiger partial charge is 0.192 e. The van der Waals surface area contributed by atoms with E-state index in [1.54, 1.807) is 0 Å². The van der Waals surface area contributed by atoms with Gasteiger partial charge in [0.25, 0.3) is 0 Å². The Kier molecular flexibility index (Phi) is 3.77. The van der Waals surface area contributed by atoms with Crippen LogP contribution in [-0.4, -0.2) is 4.98 Å². The molecular formula is C22H21N3+2. The number of nitrogens with zero attached hydrogens (tertiary/aromatic N) is 3. The Bertz CT molecular complexity index is 1080. The third-order valence-electron chi connectivity index (χ3n) is 4.73. The second kappa shape index (κ2) is 6.10. The molecule has 2 aromatic carbocycles. The van der Waals surface area contributed by atoms with Gasteiger partial charge in [-0.1, -0.05) is 29.2 Å². The van der Waals surface area contributed by atoms with Crippen molar-refractivity contribution in [1.82, 2.24) is 4.98 Å². The van der Waals surface area contributed by atoms with Crippen LogP contribution in [0.15, 0.2) is 73.1 Å². The lowest BCUT2D eigenvalue weighted by atomic mass is 10.1. The van der Waals surface area contributed by atoms with E-state index in [0.29, 0.717) is 0 Å². The summed E-state index contributed by atoms with van der Waals surface area (Å²) in [5, 5.41) is 1.14. The van der Waals surface area contributed by atoms with E-state index in [9.17, 15) is 0 Å². The maximum Gasteiger partial charge on any atom is 0.300 e. The first kappa shape index (κ1) is 15.5. The van der Waals surface area contributed by atoms with Crippen LogP contribution in [0, 0.1) is 20.8 Å². The minimum atomic E-state index is 0.980. The molecule has 0 aliphatic heterocycles. The summed E-state index contributed by atoms with van der Waals surface area (Å²) < 4.78 is 4.47. The van der Waals surface area contributed by atoms with Crippen LogP contribution in [0.2, 0.25) is 0 Å². The van der Waals surface area contributed by atoms with E-state index < -0.39 is 0 Å². The van der Waals surface area contributed by atoms with Crippen molar-refractivity contribution in [2.24, 2.45) is 0 Å². The molecule has 0 fully saturated rings. The van der Waals surface area contributed by atoms with E-state index in [2.05, 4.69) is 102 Å². The van der Waals surface area contributed by atoms with Crippen LogP contribution in [0.5, 0.6) is 0 Å². The Morgan fingerprint density at radius 1 is 0.760 bits per heavy atom. The molecule has 0 unspecified atom stereocenters. The second-order valence-electron chi connectivity index (χ2n) is 6.33. The first-order valence-corrected chi connectivity index (χ1v) is 8.51. The molecule has 3 heteroatoms. The molecule has 25 heavy (non-hydrogen) atoms. The quantitative estimate of drug-likeness (QED) is 0.514. The van der Waals surface area contributed by atoms with Gasteiger partial charge < -0.3 is 0 Å². The van der Waals surface area contributed by atoms with Gasteiger partial charge >= 0.3 is 5.82 Å². The zero-order chi connectivity index (χ0) is 17.4. The van der Waals surface area contributed by atoms with Crippen molar-refractivity contribution in [2.75, 3.05) is 0 Å². The first-order chi connectivity index (χ1) is 12.2. The summed E-state index contributed by atoms with van der Waals surface area (Å²) in [5.74, 6) is 0.980. The van der Waals surface area contributed by atoms with E-state index in [0.717, 1.165) is 16.9 Å². The Morgan fingerprint density at radius 3 is 2.36 bits per heavy atom. The summed E-state index contributed by atoms with van der Waals surface area (Å²) >= 11 is 0. The van der Waals surface area contributed by atoms with Crippen molar-refractivity contribution in [1.29, 1.82) is 0 Å². The van der Waals surface area contributed by atoms with Crippen LogP contribution in [-0.2, 0) is 0 Å². The maximum absolute atomic E-state index is 4.60. The van der Waals surface area contributed by atoms with Crippen LogP contribution in [0.4, 0.5) is 0 Å². The van der Waals surface area contributed by atoms with Crippen molar-refractivity contribution < 1.29 is 9.13 Å². The zero-order valence-electron chi connectivity index (χ0n) is 14.8. The minimum absolute atomic E-state index is 0.980. The van der Waals surface area contributed by atoms with Crippen LogP contribution >= 0.6 is 0 Å². The van der Waals surface area contributed by atoms with Crippen molar-refractivity contribution >= 4 is 10.9 Å². The number of para-hydroxylation sites is 1. The highest BCUT2D eigenvalue weighted by molar-refractivity contribution is 5.75. The van der Waals surface area contributed by atoms with Crippen LogP contribution in [0.25, 0.3) is 22.3 Å². The molecule has 3 nitrogen and oxygen atoms in total. The summed E-state index contributed by atoms with van der Waals surface area (Å²) in [6, 6.07) is 21.1. The van der Waals surface area contributed by atoms with Gasteiger partial charge in [-0.25, -0.2) is 0 Å². The van der Waals surface area contributed by atoms with Gasteiger partial charge in [0, 0.05) is 32.0 Å². The van der Waals surface area contributed by atoms with Gasteiger partial charge in [-0.05, 0) is 25.1 Å². The molecule has 122 valence electrons. The van der Waals surface area contributed by atoms with Crippen LogP contribution in [0.1, 0.15) is 17.1 Å². The van der Waals surface area contributed by atoms with E-state index in [-0.39, 0.29) is 0 Å². The predicted octanol–water partition coefficient (Wildman–Crippen LogP) is 3.71. The lowest BCUT2D eigenvalue weighted by molar-refractivity contribution is -0.605. The number of hydrogen-bond donors (Lipinski definition) is 0. The topological polar surface area (TPSA) is 20.6 Å². The fourth-order valence-corrected chi connectivity index (χ4v) is 3.41. The van der Waals surface area contributed by atoms with Crippen molar-refractivity contribution in [3.8, 4) is 11.4 Å². The van der Waals surface area contributed by atoms with E-state index in [4.69, 9.17) is 0 Å². The second-order valence-corrected chi connectivity index (χ2v) is 6.33. The highest BCUT2D eigenvalue weighted by Gasteiger charge is 2.22. The molecule has 2 heterocycles. The Morgan fingerprint density at radius 2 is 1.52 bits per heavy atom. The summed E-state index contributed by atoms with van der Waals surface area (Å²) in [4.78, 5) is 4.60. The number of hydrogen-bond acceptors (Lipinski definition) is 1. The van der Waals surface area contributed by atoms with Crippen molar-refractivity contribution in [3.63, 3.8) is 0 Å². The molecule has 0 radical (unpaired) electrons. The molecule has 0 aliphatic carbocycles. The molecule has 2 aromatic heterocycles. The molecule has 0 atom stereocenters. The molecule has 4 aromatic rings. The van der Waals surface area contributed by atoms with Gasteiger partial charge in [-0.3, -0.25) is 0 Å². The Balaban J connectivity index is 2.02. The van der Waals surface area contributed by atoms with Crippen molar-refractivity contribution in [3.05, 3.63) is 90.1 Å². The number of rotatable bonds is 2. The molecule has 4 rings (SSSR count). The first-order valence-electron chi connectivity index (χ1n) is 8.51. The number of aromatic nitrogens is 3. The summed E-state index contributed by atoms with van der Waals surface area (Å²) in [7, 11) is 0. The third kappa shape index (κ3) is 2.58. The van der Waals surface area contributed by atoms with Gasteiger partial charge in [0.2, 0.25) is 5.69 Å². The lowest BCUT2D eigenvalue weighted by Crippen LogP contribution is -2.40. The maximum atomic E-state index is 4.60. The third-order valence-corrected chi connectivity index (χ3v) is 4.73. The average molecular weight is 327 g/mol. The largest absolute Gasteiger partial charge is 0.300 e. The Labute approximate surface area is 147 Å². The van der Waals surface area contributed by atoms with E-state index >= 15 is 0 Å². The number of benzene rings is 2. The van der Waals surface area contributed by atoms with Crippen LogP contribution in [0.3, 0.4) is 0 Å². The molecular weight excluding hydrogens is 306 g/mol. The molecule has 0 aliphatic rings. The number of aryl methyl sites for hydroxylation is 2. The zero-order valence-corrected chi connectivity index (χ0v) is 14.8. The van der Waals surface area contributed by atoms with Crippen molar-refractivity contribution in [2.45, 2.75) is 20.8 Å². The van der Waals surface area contributed by atoms with Gasteiger partial charge in [0.1, 0.15) is 11.2 Å².